The predicted molar refractivity (Wildman–Crippen MR) is 95.6 cm³/mol. The van der Waals surface area contributed by atoms with Crippen molar-refractivity contribution >= 4 is 11.9 Å². The van der Waals surface area contributed by atoms with Crippen molar-refractivity contribution in [3.8, 4) is 11.5 Å². The maximum Gasteiger partial charge on any atom is 0.305 e. The van der Waals surface area contributed by atoms with Crippen LogP contribution in [-0.2, 0) is 20.7 Å². The number of benzene rings is 1. The summed E-state index contributed by atoms with van der Waals surface area (Å²) in [5.74, 6) is 0.0240. The Hall–Kier alpha value is -2.28. The lowest BCUT2D eigenvalue weighted by Gasteiger charge is -2.26. The molecule has 0 aromatic heterocycles. The topological polar surface area (TPSA) is 85.3 Å². The van der Waals surface area contributed by atoms with Crippen LogP contribution in [0.4, 0.5) is 0 Å². The molecule has 0 aliphatic carbocycles. The highest BCUT2D eigenvalue weighted by Crippen LogP contribution is 2.30. The molecular formula is C19H27NO6. The van der Waals surface area contributed by atoms with Crippen LogP contribution in [0.2, 0.25) is 0 Å². The zero-order valence-corrected chi connectivity index (χ0v) is 15.7. The second-order valence-electron chi connectivity index (χ2n) is 6.63. The molecule has 1 heterocycles. The molecule has 0 saturated carbocycles. The summed E-state index contributed by atoms with van der Waals surface area (Å²) in [6.07, 6.45) is 0.913. The maximum atomic E-state index is 12.9. The van der Waals surface area contributed by atoms with Crippen molar-refractivity contribution in [2.75, 3.05) is 27.9 Å². The number of aliphatic carboxylic acids is 1. The minimum atomic E-state index is -0.905. The number of amides is 1. The second-order valence-corrected chi connectivity index (χ2v) is 6.63. The van der Waals surface area contributed by atoms with Crippen molar-refractivity contribution in [3.05, 3.63) is 23.8 Å². The molecule has 3 atom stereocenters. The Morgan fingerprint density at radius 1 is 1.23 bits per heavy atom. The van der Waals surface area contributed by atoms with E-state index in [1.54, 1.807) is 26.2 Å². The largest absolute Gasteiger partial charge is 0.493 e. The van der Waals surface area contributed by atoms with Gasteiger partial charge in [0.05, 0.1) is 26.7 Å². The Balaban J connectivity index is 2.09. The lowest BCUT2D eigenvalue weighted by molar-refractivity contribution is -0.141. The van der Waals surface area contributed by atoms with E-state index in [1.165, 1.54) is 0 Å². The van der Waals surface area contributed by atoms with Crippen molar-refractivity contribution in [3.63, 3.8) is 0 Å². The molecule has 1 saturated heterocycles. The minimum absolute atomic E-state index is 0.0504. The number of hydrogen-bond donors (Lipinski definition) is 1. The summed E-state index contributed by atoms with van der Waals surface area (Å²) in [6.45, 7) is 2.29. The molecule has 0 bridgehead atoms. The van der Waals surface area contributed by atoms with Gasteiger partial charge in [-0.3, -0.25) is 9.59 Å². The summed E-state index contributed by atoms with van der Waals surface area (Å²) in [6, 6.07) is 5.26. The van der Waals surface area contributed by atoms with Crippen molar-refractivity contribution in [2.45, 2.75) is 38.3 Å². The van der Waals surface area contributed by atoms with E-state index in [4.69, 9.17) is 19.3 Å². The van der Waals surface area contributed by atoms with E-state index in [0.717, 1.165) is 5.56 Å². The van der Waals surface area contributed by atoms with Gasteiger partial charge in [0.25, 0.3) is 0 Å². The summed E-state index contributed by atoms with van der Waals surface area (Å²) in [5, 5.41) is 9.11. The summed E-state index contributed by atoms with van der Waals surface area (Å²) < 4.78 is 15.9. The normalized spacial score (nSPS) is 20.7. The van der Waals surface area contributed by atoms with Crippen LogP contribution in [0.25, 0.3) is 0 Å². The van der Waals surface area contributed by atoms with Gasteiger partial charge in [0.15, 0.2) is 11.5 Å². The molecule has 0 spiro atoms. The summed E-state index contributed by atoms with van der Waals surface area (Å²) >= 11 is 0. The smallest absolute Gasteiger partial charge is 0.305 e. The van der Waals surface area contributed by atoms with E-state index in [-0.39, 0.29) is 30.4 Å². The van der Waals surface area contributed by atoms with E-state index in [9.17, 15) is 9.59 Å². The zero-order chi connectivity index (χ0) is 19.3. The molecule has 1 N–H and O–H groups in total. The van der Waals surface area contributed by atoms with Crippen LogP contribution in [0.3, 0.4) is 0 Å². The molecule has 1 amide bonds. The van der Waals surface area contributed by atoms with Crippen LogP contribution < -0.4 is 9.47 Å². The van der Waals surface area contributed by atoms with Gasteiger partial charge in [0.1, 0.15) is 0 Å². The minimum Gasteiger partial charge on any atom is -0.493 e. The fourth-order valence-corrected chi connectivity index (χ4v) is 3.44. The number of carbonyl (C=O) groups excluding carboxylic acids is 1. The van der Waals surface area contributed by atoms with Crippen LogP contribution in [0, 0.1) is 5.92 Å². The monoisotopic (exact) mass is 365 g/mol. The number of carboxylic acid groups (broad SMARTS) is 1. The number of hydrogen-bond acceptors (Lipinski definition) is 5. The van der Waals surface area contributed by atoms with Crippen LogP contribution in [0.15, 0.2) is 18.2 Å². The van der Waals surface area contributed by atoms with Crippen molar-refractivity contribution in [1.82, 2.24) is 4.90 Å². The van der Waals surface area contributed by atoms with Gasteiger partial charge in [-0.1, -0.05) is 13.0 Å². The first-order chi connectivity index (χ1) is 12.4. The number of ether oxygens (including phenoxy) is 3. The average Bonchev–Trinajstić information content (AvgIpc) is 3.02. The SMILES string of the molecule is COc1ccc(CC(C)C(=O)N2CC(OC)CC2CC(=O)O)cc1OC. The standard InChI is InChI=1S/C19H27NO6/c1-12(7-13-5-6-16(25-3)17(8-13)26-4)19(23)20-11-15(24-2)9-14(20)10-18(21)22/h5-6,8,12,14-15H,7,9-11H2,1-4H3,(H,21,22). The summed E-state index contributed by atoms with van der Waals surface area (Å²) in [5.41, 5.74) is 0.959. The third kappa shape index (κ3) is 4.66. The van der Waals surface area contributed by atoms with Crippen molar-refractivity contribution in [2.24, 2.45) is 5.92 Å². The van der Waals surface area contributed by atoms with E-state index in [1.807, 2.05) is 25.1 Å². The molecule has 7 heteroatoms. The van der Waals surface area contributed by atoms with Crippen LogP contribution in [0.5, 0.6) is 11.5 Å². The Morgan fingerprint density at radius 2 is 1.92 bits per heavy atom. The maximum absolute atomic E-state index is 12.9. The number of methoxy groups -OCH3 is 3. The summed E-state index contributed by atoms with van der Waals surface area (Å²) in [4.78, 5) is 25.7. The molecule has 1 aliphatic rings. The Morgan fingerprint density at radius 3 is 2.50 bits per heavy atom. The molecule has 1 fully saturated rings. The second kappa shape index (κ2) is 8.89. The summed E-state index contributed by atoms with van der Waals surface area (Å²) in [7, 11) is 4.73. The number of rotatable bonds is 8. The molecule has 144 valence electrons. The lowest BCUT2D eigenvalue weighted by Crippen LogP contribution is -2.40. The van der Waals surface area contributed by atoms with Crippen molar-refractivity contribution < 1.29 is 28.9 Å². The van der Waals surface area contributed by atoms with E-state index in [0.29, 0.717) is 30.9 Å². The van der Waals surface area contributed by atoms with Crippen LogP contribution in [0.1, 0.15) is 25.3 Å². The molecule has 7 nitrogen and oxygen atoms in total. The highest BCUT2D eigenvalue weighted by Gasteiger charge is 2.38. The van der Waals surface area contributed by atoms with Crippen LogP contribution >= 0.6 is 0 Å². The number of carbonyl (C=O) groups is 2. The van der Waals surface area contributed by atoms with Gasteiger partial charge >= 0.3 is 5.97 Å². The van der Waals surface area contributed by atoms with E-state index in [2.05, 4.69) is 0 Å². The van der Waals surface area contributed by atoms with Crippen molar-refractivity contribution in [1.29, 1.82) is 0 Å². The molecular weight excluding hydrogens is 338 g/mol. The molecule has 26 heavy (non-hydrogen) atoms. The van der Waals surface area contributed by atoms with Gasteiger partial charge in [0, 0.05) is 25.6 Å². The Bertz CT molecular complexity index is 647. The number of carboxylic acids is 1. The van der Waals surface area contributed by atoms with Gasteiger partial charge in [-0.15, -0.1) is 0 Å². The molecule has 1 aliphatic heterocycles. The molecule has 1 aromatic rings. The predicted octanol–water partition coefficient (Wildman–Crippen LogP) is 1.97. The third-order valence-corrected chi connectivity index (χ3v) is 4.81. The highest BCUT2D eigenvalue weighted by molar-refractivity contribution is 5.80. The fourth-order valence-electron chi connectivity index (χ4n) is 3.44. The van der Waals surface area contributed by atoms with Gasteiger partial charge in [0.2, 0.25) is 5.91 Å². The highest BCUT2D eigenvalue weighted by atomic mass is 16.5. The first-order valence-electron chi connectivity index (χ1n) is 8.65. The lowest BCUT2D eigenvalue weighted by atomic mass is 9.98. The fraction of sp³-hybridized carbons (Fsp3) is 0.579. The molecule has 3 unspecified atom stereocenters. The Labute approximate surface area is 153 Å². The Kier molecular flexibility index (Phi) is 6.85. The number of nitrogens with zero attached hydrogens (tertiary/aromatic N) is 1. The van der Waals surface area contributed by atoms with Gasteiger partial charge in [-0.2, -0.15) is 0 Å². The van der Waals surface area contributed by atoms with Gasteiger partial charge in [-0.05, 0) is 30.5 Å². The van der Waals surface area contributed by atoms with Gasteiger partial charge in [-0.25, -0.2) is 0 Å². The molecule has 2 rings (SSSR count). The third-order valence-electron chi connectivity index (χ3n) is 4.81. The first-order valence-corrected chi connectivity index (χ1v) is 8.65. The van der Waals surface area contributed by atoms with E-state index < -0.39 is 5.97 Å². The molecule has 0 radical (unpaired) electrons. The molecule has 1 aromatic carbocycles. The zero-order valence-electron chi connectivity index (χ0n) is 15.7. The van der Waals surface area contributed by atoms with Crippen LogP contribution in [-0.4, -0.2) is 61.9 Å². The van der Waals surface area contributed by atoms with Gasteiger partial charge < -0.3 is 24.2 Å². The quantitative estimate of drug-likeness (QED) is 0.758. The average molecular weight is 365 g/mol. The first kappa shape index (κ1) is 20.0. The number of likely N-dealkylation sites (tertiary alicyclic amines) is 1. The van der Waals surface area contributed by atoms with E-state index >= 15 is 0 Å².